The molecule has 0 aromatic heterocycles. The van der Waals surface area contributed by atoms with E-state index in [4.69, 9.17) is 51.3 Å². The van der Waals surface area contributed by atoms with Crippen LogP contribution in [0.15, 0.2) is 0 Å². The lowest BCUT2D eigenvalue weighted by atomic mass is 9.92. The molecule has 6 rings (SSSR count). The molecule has 6 aliphatic heterocycles. The maximum absolute atomic E-state index is 14.0. The van der Waals surface area contributed by atoms with Crippen molar-refractivity contribution in [2.75, 3.05) is 86.2 Å². The molecule has 0 aliphatic carbocycles. The predicted octanol–water partition coefficient (Wildman–Crippen LogP) is 4.20. The van der Waals surface area contributed by atoms with Crippen molar-refractivity contribution < 1.29 is 150 Å². The van der Waals surface area contributed by atoms with Gasteiger partial charge in [0.2, 0.25) is 17.7 Å². The highest BCUT2D eigenvalue weighted by Crippen LogP contribution is 2.50. The van der Waals surface area contributed by atoms with Crippen molar-refractivity contribution in [3.8, 4) is 0 Å². The Kier molecular flexibility index (Phi) is 47.5. The molecule has 6 heterocycles. The van der Waals surface area contributed by atoms with Crippen LogP contribution in [-0.2, 0) is 89.2 Å². The van der Waals surface area contributed by atoms with Gasteiger partial charge >= 0.3 is 15.6 Å². The van der Waals surface area contributed by atoms with Crippen molar-refractivity contribution in [3.63, 3.8) is 0 Å². The van der Waals surface area contributed by atoms with Gasteiger partial charge in [0.15, 0.2) is 18.9 Å². The van der Waals surface area contributed by atoms with E-state index in [1.807, 2.05) is 27.7 Å². The first-order valence-corrected chi connectivity index (χ1v) is 43.1. The summed E-state index contributed by atoms with van der Waals surface area (Å²) in [5.41, 5.74) is 0. The van der Waals surface area contributed by atoms with Gasteiger partial charge in [-0.15, -0.1) is 0 Å². The number of rotatable bonds is 51. The molecule has 12 N–H and O–H groups in total. The number of aliphatic hydroxyl groups excluding tert-OH is 10. The van der Waals surface area contributed by atoms with E-state index in [0.717, 1.165) is 0 Å². The van der Waals surface area contributed by atoms with Gasteiger partial charge in [0.25, 0.3) is 0 Å². The fourth-order valence-electron chi connectivity index (χ4n) is 14.5. The summed E-state index contributed by atoms with van der Waals surface area (Å²) in [5.74, 6) is -2.55. The SMILES string of the molecule is CC.CC.COC[C@@H]1C[C@@H](OP(=O)(O)OC[C@@H]2C[C@@H](OP(=O)(O)OC[C@@H]3C[C@@H](O)CN3C(=O)CCCCCCC(=O)CCCO[C@@H]3OC(CO)[C@H](O)[C@H](O)C3C)CN2C(=O)CCCCCCC(=O)CCCO[C@@H]2OC(CO)[C@H](O)[C@H](O)C2C)CN1C(=O)CCCCCCC(=O)CCCO[C@@H]1OC(CO)[C@H](O)[C@H](O)C1C. The number of ketones is 3. The number of phosphoric acid groups is 2. The summed E-state index contributed by atoms with van der Waals surface area (Å²) in [4.78, 5) is 106. The van der Waals surface area contributed by atoms with Crippen molar-refractivity contribution in [1.82, 2.24) is 14.7 Å². The molecule has 0 saturated carbocycles. The van der Waals surface area contributed by atoms with Gasteiger partial charge in [-0.2, -0.15) is 0 Å². The number of phosphoric ester groups is 2. The molecule has 0 aromatic carbocycles. The standard InChI is InChI=1S/C70H123N3O31P2.2C2H6/c1-44-62(84)65(87)56(38-74)100-68(44)95-29-17-23-50(77)20-11-5-8-14-26-59(81)71-35-53(80)32-47(71)42-98-105(90,91)104-55-34-49(73(37-55)61(83)28-16-10-7-13-22-52(79)25-19-31-97-70-46(3)64(86)67(89)58(40-76)102-70)43-99-106(92,93)103-54-33-48(41-94-4)72(36-54)60(82)27-15-9-6-12-21-51(78)24-18-30-96-69-45(2)63(85)66(88)57(39-75)101-69;2*1-2/h44-49,53-58,62-70,74-76,80,84-89H,5-43H2,1-4H3,(H,90,91)(H,92,93);2*1-2H3/t44?,45?,46?,47-,48-,49-,53+,54+,55+,56?,57?,58?,62+,63+,64+,65-,66-,67-,68+,69+,70+;;/m0../s1. The molecule has 8 unspecified atom stereocenters. The fraction of sp³-hybridized carbons (Fsp3) is 0.919. The lowest BCUT2D eigenvalue weighted by molar-refractivity contribution is -0.282. The highest BCUT2D eigenvalue weighted by atomic mass is 31.2. The number of hydrogen-bond acceptors (Lipinski definition) is 29. The van der Waals surface area contributed by atoms with E-state index < -0.39 is 183 Å². The Morgan fingerprint density at radius 3 is 0.955 bits per heavy atom. The van der Waals surface area contributed by atoms with Gasteiger partial charge in [-0.1, -0.05) is 87.0 Å². The average molecular weight is 1620 g/mol. The van der Waals surface area contributed by atoms with E-state index >= 15 is 0 Å². The number of β-amino-alcohol motifs (C(OH)–C–C–N with tert-alkyl or cyclic N) is 1. The Hall–Kier alpha value is -3.04. The van der Waals surface area contributed by atoms with Gasteiger partial charge in [0.05, 0.1) is 114 Å². The second-order valence-electron chi connectivity index (χ2n) is 29.4. The number of Topliss-reactive ketones (excluding diaryl/α,β-unsaturated/α-hetero) is 3. The summed E-state index contributed by atoms with van der Waals surface area (Å²) >= 11 is 0. The summed E-state index contributed by atoms with van der Waals surface area (Å²) < 4.78 is 89.0. The number of carbonyl (C=O) groups excluding carboxylic acids is 6. The highest BCUT2D eigenvalue weighted by molar-refractivity contribution is 7.47. The van der Waals surface area contributed by atoms with Gasteiger partial charge in [-0.25, -0.2) is 9.13 Å². The summed E-state index contributed by atoms with van der Waals surface area (Å²) in [6, 6.07) is -2.26. The number of hydrogen-bond donors (Lipinski definition) is 12. The third-order valence-corrected chi connectivity index (χ3v) is 23.0. The third-order valence-electron chi connectivity index (χ3n) is 20.9. The van der Waals surface area contributed by atoms with Crippen LogP contribution in [0.3, 0.4) is 0 Å². The number of ether oxygens (including phenoxy) is 7. The third kappa shape index (κ3) is 33.5. The van der Waals surface area contributed by atoms with E-state index in [-0.39, 0.29) is 139 Å². The van der Waals surface area contributed by atoms with E-state index in [9.17, 15) is 98.7 Å². The predicted molar refractivity (Wildman–Crippen MR) is 397 cm³/mol. The first kappa shape index (κ1) is 99.3. The van der Waals surface area contributed by atoms with Crippen LogP contribution in [0.1, 0.15) is 222 Å². The molecule has 6 saturated heterocycles. The molecule has 642 valence electrons. The van der Waals surface area contributed by atoms with Crippen LogP contribution in [0, 0.1) is 17.8 Å². The number of unbranched alkanes of at least 4 members (excludes halogenated alkanes) is 9. The Labute approximate surface area is 648 Å². The van der Waals surface area contributed by atoms with Crippen LogP contribution in [0.5, 0.6) is 0 Å². The zero-order valence-electron chi connectivity index (χ0n) is 66.1. The molecule has 3 amide bonds. The van der Waals surface area contributed by atoms with Crippen molar-refractivity contribution in [2.24, 2.45) is 17.8 Å². The Bertz CT molecular complexity index is 2750. The Morgan fingerprint density at radius 1 is 0.382 bits per heavy atom. The van der Waals surface area contributed by atoms with Gasteiger partial charge in [0, 0.05) is 102 Å². The largest absolute Gasteiger partial charge is 0.472 e. The van der Waals surface area contributed by atoms with Gasteiger partial charge in [0.1, 0.15) is 54.0 Å². The monoisotopic (exact) mass is 1620 g/mol. The van der Waals surface area contributed by atoms with Crippen molar-refractivity contribution in [2.45, 2.75) is 332 Å². The smallest absolute Gasteiger partial charge is 0.394 e. The van der Waals surface area contributed by atoms with Crippen molar-refractivity contribution in [3.05, 3.63) is 0 Å². The van der Waals surface area contributed by atoms with Crippen LogP contribution in [0.2, 0.25) is 0 Å². The molecule has 36 heteroatoms. The molecule has 6 fully saturated rings. The first-order chi connectivity index (χ1) is 52.5. The number of methoxy groups -OCH3 is 1. The van der Waals surface area contributed by atoms with Crippen LogP contribution < -0.4 is 0 Å². The van der Waals surface area contributed by atoms with Crippen molar-refractivity contribution in [1.29, 1.82) is 0 Å². The molecule has 0 aromatic rings. The molecule has 0 bridgehead atoms. The molecule has 110 heavy (non-hydrogen) atoms. The molecule has 0 spiro atoms. The zero-order valence-corrected chi connectivity index (χ0v) is 67.8. The van der Waals surface area contributed by atoms with E-state index in [0.29, 0.717) is 109 Å². The Morgan fingerprint density at radius 2 is 0.655 bits per heavy atom. The van der Waals surface area contributed by atoms with Crippen LogP contribution in [-0.4, -0.2) is 307 Å². The minimum Gasteiger partial charge on any atom is -0.394 e. The lowest BCUT2D eigenvalue weighted by Crippen LogP contribution is -2.55. The minimum atomic E-state index is -4.95. The van der Waals surface area contributed by atoms with Gasteiger partial charge in [-0.05, 0) is 77.0 Å². The van der Waals surface area contributed by atoms with E-state index in [1.54, 1.807) is 25.7 Å². The number of aliphatic hydroxyl groups is 10. The molecule has 6 aliphatic rings. The quantitative estimate of drug-likeness (QED) is 0.0300. The van der Waals surface area contributed by atoms with Crippen molar-refractivity contribution >= 4 is 50.7 Å². The number of carbonyl (C=O) groups is 6. The normalized spacial score (nSPS) is 31.5. The summed E-state index contributed by atoms with van der Waals surface area (Å²) in [6.45, 7) is 10.7. The van der Waals surface area contributed by atoms with Crippen LogP contribution >= 0.6 is 15.6 Å². The molecular weight excluding hydrogens is 1490 g/mol. The van der Waals surface area contributed by atoms with Crippen LogP contribution in [0.4, 0.5) is 0 Å². The fourth-order valence-corrected chi connectivity index (χ4v) is 16.4. The van der Waals surface area contributed by atoms with Gasteiger partial charge in [-0.3, -0.25) is 46.9 Å². The molecule has 0 radical (unpaired) electrons. The molecule has 34 nitrogen and oxygen atoms in total. The second-order valence-corrected chi connectivity index (χ2v) is 32.2. The number of likely N-dealkylation sites (tertiary alicyclic amines) is 3. The summed E-state index contributed by atoms with van der Waals surface area (Å²) in [7, 11) is -8.42. The average Bonchev–Trinajstić information content (AvgIpc) is 1.23. The summed E-state index contributed by atoms with van der Waals surface area (Å²) in [5, 5.41) is 100. The zero-order chi connectivity index (χ0) is 81.7. The maximum Gasteiger partial charge on any atom is 0.472 e. The van der Waals surface area contributed by atoms with E-state index in [1.165, 1.54) is 16.9 Å². The Balaban J connectivity index is 0.00000628. The molecule has 23 atom stereocenters. The summed E-state index contributed by atoms with van der Waals surface area (Å²) in [6.07, 6.45) is -5.65. The maximum atomic E-state index is 14.0. The minimum absolute atomic E-state index is 0.00558. The number of amides is 3. The van der Waals surface area contributed by atoms with E-state index in [2.05, 4.69) is 0 Å². The highest BCUT2D eigenvalue weighted by Gasteiger charge is 2.48. The lowest BCUT2D eigenvalue weighted by Gasteiger charge is -2.40. The van der Waals surface area contributed by atoms with Gasteiger partial charge < -0.3 is 109 Å². The molecular formula is C74H135N3O31P2. The first-order valence-electron chi connectivity index (χ1n) is 40.1. The second kappa shape index (κ2) is 52.6. The number of nitrogens with zero attached hydrogens (tertiary/aromatic N) is 3. The van der Waals surface area contributed by atoms with Crippen LogP contribution in [0.25, 0.3) is 0 Å². The topological polar surface area (TPSA) is 491 Å².